The van der Waals surface area contributed by atoms with E-state index in [1.165, 1.54) is 13.0 Å². The summed E-state index contributed by atoms with van der Waals surface area (Å²) in [6, 6.07) is 0. The summed E-state index contributed by atoms with van der Waals surface area (Å²) in [5.41, 5.74) is 0.944. The van der Waals surface area contributed by atoms with Crippen molar-refractivity contribution in [2.75, 3.05) is 0 Å². The molecule has 0 amide bonds. The molecule has 0 unspecified atom stereocenters. The molecule has 12 heavy (non-hydrogen) atoms. The summed E-state index contributed by atoms with van der Waals surface area (Å²) < 4.78 is 12.8. The van der Waals surface area contributed by atoms with Gasteiger partial charge >= 0.3 is 0 Å². The minimum atomic E-state index is -0.500. The van der Waals surface area contributed by atoms with E-state index < -0.39 is 5.83 Å². The van der Waals surface area contributed by atoms with Crippen molar-refractivity contribution in [2.24, 2.45) is 0 Å². The largest absolute Gasteiger partial charge is 0.298 e. The first-order valence-corrected chi connectivity index (χ1v) is 3.79. The molecule has 0 aliphatic heterocycles. The van der Waals surface area contributed by atoms with Gasteiger partial charge in [0.1, 0.15) is 12.1 Å². The maximum Gasteiger partial charge on any atom is 0.148 e. The fraction of sp³-hybridized carbons (Fsp3) is 0.300. The summed E-state index contributed by atoms with van der Waals surface area (Å²) in [4.78, 5) is 10.1. The number of aldehydes is 1. The predicted molar refractivity (Wildman–Crippen MR) is 48.4 cm³/mol. The van der Waals surface area contributed by atoms with E-state index in [0.717, 1.165) is 12.0 Å². The Morgan fingerprint density at radius 1 is 1.50 bits per heavy atom. The first-order chi connectivity index (χ1) is 5.61. The first kappa shape index (κ1) is 10.8. The van der Waals surface area contributed by atoms with Gasteiger partial charge in [-0.05, 0) is 19.4 Å². The Kier molecular flexibility index (Phi) is 4.93. The Hall–Kier alpha value is -1.18. The minimum Gasteiger partial charge on any atom is -0.298 e. The van der Waals surface area contributed by atoms with Crippen molar-refractivity contribution in [1.82, 2.24) is 0 Å². The number of hydrogen-bond donors (Lipinski definition) is 0. The maximum absolute atomic E-state index is 12.8. The SMILES string of the molecule is C=C(/C=C\C(F)=C(/C)C=O)CC. The Morgan fingerprint density at radius 2 is 2.08 bits per heavy atom. The van der Waals surface area contributed by atoms with Crippen molar-refractivity contribution in [3.63, 3.8) is 0 Å². The summed E-state index contributed by atoms with van der Waals surface area (Å²) in [5.74, 6) is -0.500. The van der Waals surface area contributed by atoms with Crippen LogP contribution >= 0.6 is 0 Å². The highest BCUT2D eigenvalue weighted by molar-refractivity contribution is 5.73. The van der Waals surface area contributed by atoms with Crippen LogP contribution in [0.15, 0.2) is 35.7 Å². The number of rotatable bonds is 4. The van der Waals surface area contributed by atoms with E-state index >= 15 is 0 Å². The number of carbonyl (C=O) groups is 1. The van der Waals surface area contributed by atoms with Gasteiger partial charge in [0.25, 0.3) is 0 Å². The zero-order valence-corrected chi connectivity index (χ0v) is 7.43. The van der Waals surface area contributed by atoms with Crippen molar-refractivity contribution < 1.29 is 9.18 Å². The molecule has 0 saturated carbocycles. The Bertz CT molecular complexity index is 236. The van der Waals surface area contributed by atoms with Crippen molar-refractivity contribution >= 4 is 6.29 Å². The molecule has 0 aliphatic carbocycles. The second-order valence-electron chi connectivity index (χ2n) is 2.49. The monoisotopic (exact) mass is 168 g/mol. The smallest absolute Gasteiger partial charge is 0.148 e. The van der Waals surface area contributed by atoms with Gasteiger partial charge in [-0.1, -0.05) is 25.2 Å². The highest BCUT2D eigenvalue weighted by Gasteiger charge is 1.94. The van der Waals surface area contributed by atoms with Gasteiger partial charge in [-0.3, -0.25) is 4.79 Å². The Labute approximate surface area is 72.3 Å². The normalized spacial score (nSPS) is 12.9. The van der Waals surface area contributed by atoms with Crippen molar-refractivity contribution in [3.8, 4) is 0 Å². The van der Waals surface area contributed by atoms with E-state index in [1.807, 2.05) is 6.92 Å². The molecular formula is C10H13FO. The van der Waals surface area contributed by atoms with E-state index in [4.69, 9.17) is 0 Å². The lowest BCUT2D eigenvalue weighted by molar-refractivity contribution is -0.104. The average Bonchev–Trinajstić information content (AvgIpc) is 2.11. The molecule has 0 bridgehead atoms. The summed E-state index contributed by atoms with van der Waals surface area (Å²) >= 11 is 0. The Morgan fingerprint density at radius 3 is 2.50 bits per heavy atom. The molecule has 0 aliphatic rings. The molecule has 0 atom stereocenters. The van der Waals surface area contributed by atoms with E-state index in [0.29, 0.717) is 6.29 Å². The second-order valence-corrected chi connectivity index (χ2v) is 2.49. The molecule has 2 heteroatoms. The molecule has 0 N–H and O–H groups in total. The summed E-state index contributed by atoms with van der Waals surface area (Å²) in [7, 11) is 0. The molecule has 1 nitrogen and oxygen atoms in total. The van der Waals surface area contributed by atoms with Crippen LogP contribution in [0.3, 0.4) is 0 Å². The van der Waals surface area contributed by atoms with E-state index in [1.54, 1.807) is 6.08 Å². The lowest BCUT2D eigenvalue weighted by Gasteiger charge is -1.92. The molecule has 0 aromatic carbocycles. The van der Waals surface area contributed by atoms with Crippen LogP contribution in [-0.4, -0.2) is 6.29 Å². The van der Waals surface area contributed by atoms with E-state index in [2.05, 4.69) is 6.58 Å². The van der Waals surface area contributed by atoms with Crippen LogP contribution in [-0.2, 0) is 4.79 Å². The van der Waals surface area contributed by atoms with Gasteiger partial charge in [0.15, 0.2) is 0 Å². The Balaban J connectivity index is 4.35. The van der Waals surface area contributed by atoms with Gasteiger partial charge < -0.3 is 0 Å². The minimum absolute atomic E-state index is 0.107. The fourth-order valence-corrected chi connectivity index (χ4v) is 0.497. The number of hydrogen-bond acceptors (Lipinski definition) is 1. The highest BCUT2D eigenvalue weighted by Crippen LogP contribution is 2.07. The number of carbonyl (C=O) groups excluding carboxylic acids is 1. The summed E-state index contributed by atoms with van der Waals surface area (Å²) in [6.07, 6.45) is 4.11. The molecule has 0 aromatic rings. The molecule has 66 valence electrons. The van der Waals surface area contributed by atoms with E-state index in [9.17, 15) is 9.18 Å². The zero-order chi connectivity index (χ0) is 9.56. The van der Waals surface area contributed by atoms with Crippen LogP contribution in [0.4, 0.5) is 4.39 Å². The quantitative estimate of drug-likeness (QED) is 0.358. The van der Waals surface area contributed by atoms with Crippen molar-refractivity contribution in [3.05, 3.63) is 35.7 Å². The first-order valence-electron chi connectivity index (χ1n) is 3.79. The van der Waals surface area contributed by atoms with Crippen molar-refractivity contribution in [2.45, 2.75) is 20.3 Å². The third-order valence-corrected chi connectivity index (χ3v) is 1.47. The fourth-order valence-electron chi connectivity index (χ4n) is 0.497. The average molecular weight is 168 g/mol. The van der Waals surface area contributed by atoms with Crippen LogP contribution in [0.5, 0.6) is 0 Å². The van der Waals surface area contributed by atoms with Crippen LogP contribution < -0.4 is 0 Å². The van der Waals surface area contributed by atoms with Gasteiger partial charge in [0.05, 0.1) is 0 Å². The summed E-state index contributed by atoms with van der Waals surface area (Å²) in [5, 5.41) is 0. The summed E-state index contributed by atoms with van der Waals surface area (Å²) in [6.45, 7) is 7.03. The van der Waals surface area contributed by atoms with Gasteiger partial charge in [0.2, 0.25) is 0 Å². The zero-order valence-electron chi connectivity index (χ0n) is 7.43. The van der Waals surface area contributed by atoms with Gasteiger partial charge in [-0.2, -0.15) is 0 Å². The van der Waals surface area contributed by atoms with Gasteiger partial charge in [0, 0.05) is 5.57 Å². The standard InChI is InChI=1S/C10H13FO/c1-4-8(2)5-6-10(11)9(3)7-12/h5-7H,2,4H2,1,3H3/b6-5-,10-9-. The number of halogens is 1. The molecule has 0 rings (SSSR count). The highest BCUT2D eigenvalue weighted by atomic mass is 19.1. The molecule has 0 heterocycles. The topological polar surface area (TPSA) is 17.1 Å². The van der Waals surface area contributed by atoms with Gasteiger partial charge in [-0.15, -0.1) is 0 Å². The molecule has 0 spiro atoms. The predicted octanol–water partition coefficient (Wildman–Crippen LogP) is 2.95. The van der Waals surface area contributed by atoms with Crippen LogP contribution in [0.2, 0.25) is 0 Å². The maximum atomic E-state index is 12.8. The molecule has 0 fully saturated rings. The van der Waals surface area contributed by atoms with Crippen molar-refractivity contribution in [1.29, 1.82) is 0 Å². The third kappa shape index (κ3) is 3.86. The molecule has 0 radical (unpaired) electrons. The third-order valence-electron chi connectivity index (χ3n) is 1.47. The van der Waals surface area contributed by atoms with Crippen LogP contribution in [0, 0.1) is 0 Å². The number of allylic oxidation sites excluding steroid dienone is 5. The van der Waals surface area contributed by atoms with E-state index in [-0.39, 0.29) is 5.57 Å². The molecular weight excluding hydrogens is 155 g/mol. The van der Waals surface area contributed by atoms with Crippen LogP contribution in [0.1, 0.15) is 20.3 Å². The lowest BCUT2D eigenvalue weighted by atomic mass is 10.2. The molecule has 0 saturated heterocycles. The molecule has 0 aromatic heterocycles. The second kappa shape index (κ2) is 5.47. The van der Waals surface area contributed by atoms with Gasteiger partial charge in [-0.25, -0.2) is 4.39 Å². The lowest BCUT2D eigenvalue weighted by Crippen LogP contribution is -1.80. The van der Waals surface area contributed by atoms with Crippen LogP contribution in [0.25, 0.3) is 0 Å².